The second-order valence-electron chi connectivity index (χ2n) is 9.99. The highest BCUT2D eigenvalue weighted by molar-refractivity contribution is 7.98. The van der Waals surface area contributed by atoms with Gasteiger partial charge in [-0.2, -0.15) is 24.9 Å². The number of thioether (sulfide) groups is 1. The topological polar surface area (TPSA) is 83.6 Å². The number of nitrogens with zero attached hydrogens (tertiary/aromatic N) is 2. The average molecular weight is 617 g/mol. The number of hydrogen-bond donors (Lipinski definition) is 1. The lowest BCUT2D eigenvalue weighted by atomic mass is 10.0. The molecule has 224 valence electrons. The highest BCUT2D eigenvalue weighted by Gasteiger charge is 2.33. The Morgan fingerprint density at radius 3 is 1.95 bits per heavy atom. The minimum Gasteiger partial charge on any atom is -0.480 e. The largest absolute Gasteiger partial charge is 0.480 e. The van der Waals surface area contributed by atoms with Crippen molar-refractivity contribution in [2.24, 2.45) is 0 Å². The van der Waals surface area contributed by atoms with E-state index >= 15 is 0 Å². The first-order valence-corrected chi connectivity index (χ1v) is 14.7. The molecule has 4 aromatic carbocycles. The van der Waals surface area contributed by atoms with Crippen molar-refractivity contribution in [2.45, 2.75) is 18.0 Å². The normalized spacial score (nSPS) is 12.1. The molecule has 44 heavy (non-hydrogen) atoms. The molecule has 1 unspecified atom stereocenters. The van der Waals surface area contributed by atoms with Gasteiger partial charge in [-0.05, 0) is 41.0 Å². The fraction of sp³-hybridized carbons (Fsp3) is 0.147. The Bertz CT molecular complexity index is 1720. The lowest BCUT2D eigenvalue weighted by Crippen LogP contribution is -2.44. The molecule has 0 spiro atoms. The Morgan fingerprint density at radius 1 is 0.818 bits per heavy atom. The van der Waals surface area contributed by atoms with E-state index in [1.54, 1.807) is 12.1 Å². The minimum atomic E-state index is -4.52. The van der Waals surface area contributed by atoms with Crippen LogP contribution in [0.5, 0.6) is 0 Å². The maximum absolute atomic E-state index is 13.8. The summed E-state index contributed by atoms with van der Waals surface area (Å²) in [6.07, 6.45) is -4.52. The smallest absolute Gasteiger partial charge is 0.416 e. The average Bonchev–Trinajstić information content (AvgIpc) is 3.48. The molecule has 0 saturated heterocycles. The van der Waals surface area contributed by atoms with Gasteiger partial charge >= 0.3 is 12.1 Å². The van der Waals surface area contributed by atoms with Gasteiger partial charge < -0.3 is 14.4 Å². The van der Waals surface area contributed by atoms with Crippen molar-refractivity contribution in [2.75, 3.05) is 12.8 Å². The van der Waals surface area contributed by atoms with Crippen LogP contribution >= 0.6 is 11.8 Å². The summed E-state index contributed by atoms with van der Waals surface area (Å²) >= 11 is 1.38. The van der Waals surface area contributed by atoms with Gasteiger partial charge in [0.2, 0.25) is 5.89 Å². The third kappa shape index (κ3) is 7.03. The van der Waals surface area contributed by atoms with E-state index < -0.39 is 29.7 Å². The van der Waals surface area contributed by atoms with E-state index in [0.717, 1.165) is 33.7 Å². The van der Waals surface area contributed by atoms with Gasteiger partial charge in [0, 0.05) is 29.7 Å². The lowest BCUT2D eigenvalue weighted by molar-refractivity contribution is -0.141. The number of likely N-dealkylation sites (N-methyl/N-ethyl adjacent to an activating group) is 1. The highest BCUT2D eigenvalue weighted by atomic mass is 32.2. The predicted molar refractivity (Wildman–Crippen MR) is 164 cm³/mol. The van der Waals surface area contributed by atoms with Crippen molar-refractivity contribution in [1.82, 2.24) is 9.88 Å². The van der Waals surface area contributed by atoms with Crippen LogP contribution in [-0.2, 0) is 16.7 Å². The molecule has 5 aromatic rings. The van der Waals surface area contributed by atoms with Crippen molar-refractivity contribution >= 4 is 23.6 Å². The van der Waals surface area contributed by atoms with Crippen molar-refractivity contribution < 1.29 is 32.3 Å². The van der Waals surface area contributed by atoms with E-state index in [9.17, 15) is 27.9 Å². The molecule has 0 fully saturated rings. The quantitative estimate of drug-likeness (QED) is 0.171. The van der Waals surface area contributed by atoms with Gasteiger partial charge in [-0.1, -0.05) is 84.9 Å². The molecule has 0 radical (unpaired) electrons. The van der Waals surface area contributed by atoms with Crippen molar-refractivity contribution in [3.05, 3.63) is 126 Å². The number of carboxylic acids is 1. The summed E-state index contributed by atoms with van der Waals surface area (Å²) in [5, 5.41) is 9.99. The van der Waals surface area contributed by atoms with Gasteiger partial charge in [-0.15, -0.1) is 0 Å². The third-order valence-corrected chi connectivity index (χ3v) is 8.09. The van der Waals surface area contributed by atoms with Crippen LogP contribution in [0.2, 0.25) is 0 Å². The summed E-state index contributed by atoms with van der Waals surface area (Å²) in [4.78, 5) is 31.6. The number of halogens is 3. The second-order valence-corrected chi connectivity index (χ2v) is 11.0. The molecule has 1 N–H and O–H groups in total. The molecule has 0 aliphatic carbocycles. The molecular weight excluding hydrogens is 589 g/mol. The molecule has 5 rings (SSSR count). The van der Waals surface area contributed by atoms with Crippen molar-refractivity contribution in [1.29, 1.82) is 0 Å². The summed E-state index contributed by atoms with van der Waals surface area (Å²) < 4.78 is 45.5. The second kappa shape index (κ2) is 13.2. The van der Waals surface area contributed by atoms with Gasteiger partial charge in [0.15, 0.2) is 11.5 Å². The molecule has 1 amide bonds. The third-order valence-electron chi connectivity index (χ3n) is 7.00. The number of carbonyl (C=O) groups is 2. The van der Waals surface area contributed by atoms with Crippen LogP contribution in [0.1, 0.15) is 21.6 Å². The molecular formula is C34H27F3N2O4S. The summed E-state index contributed by atoms with van der Waals surface area (Å²) in [5.74, 6) is -1.17. The summed E-state index contributed by atoms with van der Waals surface area (Å²) in [6, 6.07) is 29.5. The van der Waals surface area contributed by atoms with Gasteiger partial charge in [-0.25, -0.2) is 9.78 Å². The Labute approximate surface area is 256 Å². The van der Waals surface area contributed by atoms with E-state index in [1.807, 2.05) is 72.8 Å². The maximum atomic E-state index is 13.8. The predicted octanol–water partition coefficient (Wildman–Crippen LogP) is 8.15. The Kier molecular flexibility index (Phi) is 9.20. The van der Waals surface area contributed by atoms with Crippen LogP contribution in [0.4, 0.5) is 13.2 Å². The summed E-state index contributed by atoms with van der Waals surface area (Å²) in [6.45, 7) is 0. The number of rotatable bonds is 10. The van der Waals surface area contributed by atoms with Crippen LogP contribution in [0.3, 0.4) is 0 Å². The number of alkyl halides is 3. The van der Waals surface area contributed by atoms with Crippen LogP contribution < -0.4 is 0 Å². The number of hydrogen-bond acceptors (Lipinski definition) is 5. The van der Waals surface area contributed by atoms with E-state index in [0.29, 0.717) is 11.3 Å². The van der Waals surface area contributed by atoms with Crippen LogP contribution in [0.15, 0.2) is 114 Å². The number of amides is 1. The zero-order valence-corrected chi connectivity index (χ0v) is 24.3. The molecule has 6 nitrogen and oxygen atoms in total. The number of benzene rings is 4. The fourth-order valence-corrected chi connectivity index (χ4v) is 5.69. The van der Waals surface area contributed by atoms with E-state index in [-0.39, 0.29) is 28.7 Å². The number of aromatic nitrogens is 1. The summed E-state index contributed by atoms with van der Waals surface area (Å²) in [5.41, 5.74) is 2.67. The van der Waals surface area contributed by atoms with Gasteiger partial charge in [0.25, 0.3) is 5.91 Å². The van der Waals surface area contributed by atoms with E-state index in [4.69, 9.17) is 4.42 Å². The lowest BCUT2D eigenvalue weighted by Gasteiger charge is -2.24. The number of carboxylic acid groups (broad SMARTS) is 1. The maximum Gasteiger partial charge on any atom is 0.416 e. The Morgan fingerprint density at radius 2 is 1.36 bits per heavy atom. The first-order chi connectivity index (χ1) is 21.1. The fourth-order valence-electron chi connectivity index (χ4n) is 4.55. The summed E-state index contributed by atoms with van der Waals surface area (Å²) in [7, 11) is 1.39. The molecule has 0 aliphatic heterocycles. The Balaban J connectivity index is 1.47. The monoisotopic (exact) mass is 616 g/mol. The zero-order valence-electron chi connectivity index (χ0n) is 23.5. The Hall–Kier alpha value is -4.83. The molecule has 10 heteroatoms. The van der Waals surface area contributed by atoms with Gasteiger partial charge in [0.05, 0.1) is 5.56 Å². The van der Waals surface area contributed by atoms with E-state index in [2.05, 4.69) is 4.98 Å². The first-order valence-electron chi connectivity index (χ1n) is 13.6. The van der Waals surface area contributed by atoms with Crippen LogP contribution in [0, 0.1) is 0 Å². The molecule has 0 saturated carbocycles. The SMILES string of the molecule is CN(C(=O)c1nc(-c2ccc(C(F)(F)F)cc2)oc1-c1ccc(-c2ccccc2)cc1)C(CSCc1ccccc1)C(=O)O. The van der Waals surface area contributed by atoms with Crippen LogP contribution in [0.25, 0.3) is 33.9 Å². The molecule has 1 heterocycles. The van der Waals surface area contributed by atoms with Crippen LogP contribution in [-0.4, -0.2) is 45.7 Å². The minimum absolute atomic E-state index is 0.0667. The molecule has 1 aromatic heterocycles. The molecule has 1 atom stereocenters. The van der Waals surface area contributed by atoms with Gasteiger partial charge in [0.1, 0.15) is 6.04 Å². The number of oxazole rings is 1. The van der Waals surface area contributed by atoms with E-state index in [1.165, 1.54) is 30.9 Å². The molecule has 0 aliphatic rings. The number of aliphatic carboxylic acids is 1. The van der Waals surface area contributed by atoms with Gasteiger partial charge in [-0.3, -0.25) is 4.79 Å². The first kappa shape index (κ1) is 30.6. The highest BCUT2D eigenvalue weighted by Crippen LogP contribution is 2.35. The van der Waals surface area contributed by atoms with Crippen molar-refractivity contribution in [3.63, 3.8) is 0 Å². The van der Waals surface area contributed by atoms with Crippen molar-refractivity contribution in [3.8, 4) is 33.9 Å². The number of carbonyl (C=O) groups excluding carboxylic acids is 1. The molecule has 0 bridgehead atoms. The zero-order chi connectivity index (χ0) is 31.3. The standard InChI is InChI=1S/C34H27F3N2O4S/c1-39(28(33(41)42)21-44-20-22-8-4-2-5-9-22)32(40)29-30(25-14-12-24(13-15-25)23-10-6-3-7-11-23)43-31(38-29)26-16-18-27(19-17-26)34(35,36)37/h2-19,28H,20-21H2,1H3,(H,41,42).